The molecule has 4 rings (SSSR count). The van der Waals surface area contributed by atoms with Crippen LogP contribution in [0.5, 0.6) is 0 Å². The quantitative estimate of drug-likeness (QED) is 0.414. The summed E-state index contributed by atoms with van der Waals surface area (Å²) in [6.07, 6.45) is 1.66. The topological polar surface area (TPSA) is 66.5 Å². The summed E-state index contributed by atoms with van der Waals surface area (Å²) in [5, 5.41) is 2.93. The van der Waals surface area contributed by atoms with Gasteiger partial charge in [0.25, 0.3) is 5.91 Å². The number of sulfonamides is 1. The lowest BCUT2D eigenvalue weighted by molar-refractivity contribution is 0.0951. The van der Waals surface area contributed by atoms with Crippen molar-refractivity contribution in [3.05, 3.63) is 89.7 Å². The molecule has 36 heavy (non-hydrogen) atoms. The van der Waals surface area contributed by atoms with Crippen LogP contribution in [0.1, 0.15) is 36.2 Å². The van der Waals surface area contributed by atoms with Gasteiger partial charge >= 0.3 is 0 Å². The van der Waals surface area contributed by atoms with Crippen LogP contribution in [0.25, 0.3) is 0 Å². The Kier molecular flexibility index (Phi) is 8.49. The number of halogens is 1. The predicted molar refractivity (Wildman–Crippen MR) is 141 cm³/mol. The first-order valence-corrected chi connectivity index (χ1v) is 14.4. The van der Waals surface area contributed by atoms with Gasteiger partial charge in [0.15, 0.2) is 0 Å². The van der Waals surface area contributed by atoms with Crippen molar-refractivity contribution in [2.45, 2.75) is 41.4 Å². The molecular formula is C28H31FN2O3S2. The Bertz CT molecular complexity index is 1290. The van der Waals surface area contributed by atoms with E-state index >= 15 is 0 Å². The van der Waals surface area contributed by atoms with Gasteiger partial charge in [-0.15, -0.1) is 0 Å². The molecule has 0 radical (unpaired) electrons. The van der Waals surface area contributed by atoms with Crippen molar-refractivity contribution in [1.82, 2.24) is 9.62 Å². The predicted octanol–water partition coefficient (Wildman–Crippen LogP) is 5.62. The fraction of sp³-hybridized carbons (Fsp3) is 0.321. The molecule has 1 aliphatic heterocycles. The third-order valence-corrected chi connectivity index (χ3v) is 9.16. The molecule has 0 aliphatic carbocycles. The molecule has 1 fully saturated rings. The Hall–Kier alpha value is -2.68. The van der Waals surface area contributed by atoms with Gasteiger partial charge in [0.2, 0.25) is 10.0 Å². The number of hydrogen-bond acceptors (Lipinski definition) is 4. The standard InChI is InChI=1S/C28H31FN2O3S2/c1-20-16-21(2)19-31(18-20)36(33,34)25-12-13-27(35-24-10-8-23(29)9-11-24)26(17-25)28(32)30-15-14-22-6-4-3-5-7-22/h3-13,17,20-21H,14-16,18-19H2,1-2H3,(H,30,32). The summed E-state index contributed by atoms with van der Waals surface area (Å²) >= 11 is 1.30. The van der Waals surface area contributed by atoms with Crippen LogP contribution in [-0.4, -0.2) is 38.3 Å². The van der Waals surface area contributed by atoms with Crippen LogP contribution in [0.4, 0.5) is 4.39 Å². The highest BCUT2D eigenvalue weighted by molar-refractivity contribution is 7.99. The van der Waals surface area contributed by atoms with Gasteiger partial charge in [-0.2, -0.15) is 4.31 Å². The third-order valence-electron chi connectivity index (χ3n) is 6.25. The molecule has 1 amide bonds. The average molecular weight is 527 g/mol. The van der Waals surface area contributed by atoms with Gasteiger partial charge in [-0.05, 0) is 72.7 Å². The van der Waals surface area contributed by atoms with Crippen molar-refractivity contribution < 1.29 is 17.6 Å². The van der Waals surface area contributed by atoms with Crippen LogP contribution in [-0.2, 0) is 16.4 Å². The Morgan fingerprint density at radius 1 is 1.00 bits per heavy atom. The van der Waals surface area contributed by atoms with Crippen LogP contribution in [0, 0.1) is 17.7 Å². The molecule has 5 nitrogen and oxygen atoms in total. The van der Waals surface area contributed by atoms with Gasteiger partial charge in [-0.25, -0.2) is 12.8 Å². The Morgan fingerprint density at radius 3 is 2.33 bits per heavy atom. The van der Waals surface area contributed by atoms with Crippen molar-refractivity contribution >= 4 is 27.7 Å². The second-order valence-electron chi connectivity index (χ2n) is 9.47. The summed E-state index contributed by atoms with van der Waals surface area (Å²) in [6.45, 7) is 5.48. The normalized spacial score (nSPS) is 18.6. The highest BCUT2D eigenvalue weighted by atomic mass is 32.2. The van der Waals surface area contributed by atoms with E-state index in [0.717, 1.165) is 16.9 Å². The maximum Gasteiger partial charge on any atom is 0.252 e. The van der Waals surface area contributed by atoms with Crippen LogP contribution in [0.2, 0.25) is 0 Å². The zero-order valence-electron chi connectivity index (χ0n) is 20.5. The highest BCUT2D eigenvalue weighted by Gasteiger charge is 2.32. The second kappa shape index (κ2) is 11.6. The van der Waals surface area contributed by atoms with Gasteiger partial charge in [0, 0.05) is 29.4 Å². The molecule has 3 aromatic carbocycles. The van der Waals surface area contributed by atoms with Gasteiger partial charge in [-0.3, -0.25) is 4.79 Å². The fourth-order valence-corrected chi connectivity index (χ4v) is 7.21. The lowest BCUT2D eigenvalue weighted by atomic mass is 9.94. The minimum atomic E-state index is -3.75. The SMILES string of the molecule is CC1CC(C)CN(S(=O)(=O)c2ccc(Sc3ccc(F)cc3)c(C(=O)NCCc3ccccc3)c2)C1. The van der Waals surface area contributed by atoms with Crippen molar-refractivity contribution in [2.75, 3.05) is 19.6 Å². The van der Waals surface area contributed by atoms with Crippen LogP contribution < -0.4 is 5.32 Å². The van der Waals surface area contributed by atoms with Gasteiger partial charge in [-0.1, -0.05) is 55.9 Å². The molecule has 2 atom stereocenters. The van der Waals surface area contributed by atoms with Gasteiger partial charge < -0.3 is 5.32 Å². The van der Waals surface area contributed by atoms with Gasteiger partial charge in [0.1, 0.15) is 5.82 Å². The van der Waals surface area contributed by atoms with E-state index in [2.05, 4.69) is 19.2 Å². The number of piperidine rings is 1. The number of hydrogen-bond donors (Lipinski definition) is 1. The molecule has 0 aromatic heterocycles. The number of nitrogens with zero attached hydrogens (tertiary/aromatic N) is 1. The smallest absolute Gasteiger partial charge is 0.252 e. The number of nitrogens with one attached hydrogen (secondary N) is 1. The van der Waals surface area contributed by atoms with E-state index in [1.165, 1.54) is 34.3 Å². The van der Waals surface area contributed by atoms with E-state index in [0.29, 0.717) is 31.0 Å². The maximum absolute atomic E-state index is 13.5. The zero-order valence-corrected chi connectivity index (χ0v) is 22.1. The molecule has 1 heterocycles. The minimum absolute atomic E-state index is 0.112. The van der Waals surface area contributed by atoms with Crippen molar-refractivity contribution in [2.24, 2.45) is 11.8 Å². The molecule has 0 spiro atoms. The van der Waals surface area contributed by atoms with E-state index in [1.807, 2.05) is 30.3 Å². The van der Waals surface area contributed by atoms with Crippen LogP contribution >= 0.6 is 11.8 Å². The molecule has 0 saturated carbocycles. The first kappa shape index (κ1) is 26.4. The fourth-order valence-electron chi connectivity index (χ4n) is 4.58. The average Bonchev–Trinajstić information content (AvgIpc) is 2.85. The highest BCUT2D eigenvalue weighted by Crippen LogP contribution is 2.34. The van der Waals surface area contributed by atoms with Crippen molar-refractivity contribution in [1.29, 1.82) is 0 Å². The minimum Gasteiger partial charge on any atom is -0.352 e. The largest absolute Gasteiger partial charge is 0.352 e. The number of carbonyl (C=O) groups excluding carboxylic acids is 1. The van der Waals surface area contributed by atoms with Crippen LogP contribution in [0.15, 0.2) is 87.5 Å². The van der Waals surface area contributed by atoms with E-state index in [9.17, 15) is 17.6 Å². The number of rotatable bonds is 8. The van der Waals surface area contributed by atoms with E-state index < -0.39 is 10.0 Å². The molecule has 190 valence electrons. The molecule has 2 unspecified atom stereocenters. The Labute approximate surface area is 217 Å². The summed E-state index contributed by atoms with van der Waals surface area (Å²) in [5.41, 5.74) is 1.39. The molecular weight excluding hydrogens is 495 g/mol. The summed E-state index contributed by atoms with van der Waals surface area (Å²) in [5.74, 6) is -0.132. The molecule has 1 N–H and O–H groups in total. The number of benzene rings is 3. The second-order valence-corrected chi connectivity index (χ2v) is 12.5. The lowest BCUT2D eigenvalue weighted by Gasteiger charge is -2.34. The summed E-state index contributed by atoms with van der Waals surface area (Å²) in [6, 6.07) is 20.5. The molecule has 3 aromatic rings. The summed E-state index contributed by atoms with van der Waals surface area (Å²) in [7, 11) is -3.75. The lowest BCUT2D eigenvalue weighted by Crippen LogP contribution is -2.42. The van der Waals surface area contributed by atoms with Crippen molar-refractivity contribution in [3.63, 3.8) is 0 Å². The monoisotopic (exact) mass is 526 g/mol. The molecule has 0 bridgehead atoms. The first-order chi connectivity index (χ1) is 17.2. The van der Waals surface area contributed by atoms with Gasteiger partial charge in [0.05, 0.1) is 10.5 Å². The Balaban J connectivity index is 1.61. The van der Waals surface area contributed by atoms with E-state index in [4.69, 9.17) is 0 Å². The molecule has 8 heteroatoms. The molecule has 1 aliphatic rings. The number of amides is 1. The first-order valence-electron chi connectivity index (χ1n) is 12.1. The molecule has 1 saturated heterocycles. The van der Waals surface area contributed by atoms with E-state index in [1.54, 1.807) is 24.3 Å². The maximum atomic E-state index is 13.5. The van der Waals surface area contributed by atoms with E-state index in [-0.39, 0.29) is 34.0 Å². The van der Waals surface area contributed by atoms with Crippen molar-refractivity contribution in [3.8, 4) is 0 Å². The summed E-state index contributed by atoms with van der Waals surface area (Å²) < 4.78 is 41.9. The third kappa shape index (κ3) is 6.55. The number of carbonyl (C=O) groups is 1. The summed E-state index contributed by atoms with van der Waals surface area (Å²) in [4.78, 5) is 14.7. The Morgan fingerprint density at radius 2 is 1.67 bits per heavy atom. The zero-order chi connectivity index (χ0) is 25.7. The van der Waals surface area contributed by atoms with Crippen LogP contribution in [0.3, 0.4) is 0 Å².